The molecule has 1 aromatic rings. The molecule has 0 spiro atoms. The number of nitrogens with one attached hydrogen (secondary N) is 1. The molecule has 2 heterocycles. The van der Waals surface area contributed by atoms with Gasteiger partial charge in [-0.25, -0.2) is 0 Å². The Morgan fingerprint density at radius 3 is 2.72 bits per heavy atom. The first-order valence-corrected chi connectivity index (χ1v) is 6.92. The number of hydrogen-bond acceptors (Lipinski definition) is 3. The van der Waals surface area contributed by atoms with Crippen molar-refractivity contribution in [2.24, 2.45) is 13.0 Å². The molecule has 102 valence electrons. The smallest absolute Gasteiger partial charge is 0.0641 e. The van der Waals surface area contributed by atoms with E-state index in [0.29, 0.717) is 18.0 Å². The molecule has 0 bridgehead atoms. The lowest BCUT2D eigenvalue weighted by Crippen LogP contribution is -2.32. The Morgan fingerprint density at radius 2 is 2.17 bits per heavy atom. The number of aryl methyl sites for hydroxylation is 2. The third-order valence-electron chi connectivity index (χ3n) is 3.93. The Kier molecular flexibility index (Phi) is 4.07. The van der Waals surface area contributed by atoms with Crippen LogP contribution >= 0.6 is 0 Å². The fourth-order valence-corrected chi connectivity index (χ4v) is 3.03. The first-order valence-electron chi connectivity index (χ1n) is 6.92. The molecular weight excluding hydrogens is 224 g/mol. The van der Waals surface area contributed by atoms with Crippen LogP contribution in [0.4, 0.5) is 0 Å². The van der Waals surface area contributed by atoms with Crippen molar-refractivity contribution >= 4 is 0 Å². The molecule has 0 aliphatic carbocycles. The second-order valence-electron chi connectivity index (χ2n) is 5.88. The van der Waals surface area contributed by atoms with E-state index in [1.54, 1.807) is 0 Å². The first-order chi connectivity index (χ1) is 8.49. The second kappa shape index (κ2) is 5.41. The van der Waals surface area contributed by atoms with E-state index in [1.807, 2.05) is 11.7 Å². The second-order valence-corrected chi connectivity index (χ2v) is 5.88. The molecule has 0 saturated carbocycles. The number of rotatable bonds is 4. The Labute approximate surface area is 110 Å². The summed E-state index contributed by atoms with van der Waals surface area (Å²) >= 11 is 0. The molecule has 2 atom stereocenters. The van der Waals surface area contributed by atoms with Crippen molar-refractivity contribution in [2.75, 3.05) is 20.1 Å². The van der Waals surface area contributed by atoms with E-state index >= 15 is 0 Å². The molecule has 1 N–H and O–H groups in total. The van der Waals surface area contributed by atoms with Crippen molar-refractivity contribution in [3.05, 3.63) is 17.5 Å². The number of aromatic nitrogens is 2. The van der Waals surface area contributed by atoms with Crippen LogP contribution in [0.5, 0.6) is 0 Å². The quantitative estimate of drug-likeness (QED) is 0.883. The van der Waals surface area contributed by atoms with Crippen molar-refractivity contribution in [2.45, 2.75) is 39.3 Å². The standard InChI is InChI=1S/C14H26N4/c1-10(2)15-8-12-6-7-17(4)14(12)13-9-18(5)16-11(13)3/h9-10,12,14-15H,6-8H2,1-5H3. The van der Waals surface area contributed by atoms with Crippen LogP contribution < -0.4 is 5.32 Å². The zero-order chi connectivity index (χ0) is 13.3. The largest absolute Gasteiger partial charge is 0.314 e. The molecular formula is C14H26N4. The summed E-state index contributed by atoms with van der Waals surface area (Å²) < 4.78 is 1.93. The van der Waals surface area contributed by atoms with Crippen molar-refractivity contribution in [1.82, 2.24) is 20.0 Å². The number of nitrogens with zero attached hydrogens (tertiary/aromatic N) is 3. The van der Waals surface area contributed by atoms with Crippen molar-refractivity contribution < 1.29 is 0 Å². The zero-order valence-corrected chi connectivity index (χ0v) is 12.3. The number of hydrogen-bond donors (Lipinski definition) is 1. The molecule has 1 fully saturated rings. The van der Waals surface area contributed by atoms with E-state index in [4.69, 9.17) is 0 Å². The predicted octanol–water partition coefficient (Wildman–Crippen LogP) is 1.72. The van der Waals surface area contributed by atoms with Gasteiger partial charge in [-0.3, -0.25) is 9.58 Å². The first kappa shape index (κ1) is 13.6. The van der Waals surface area contributed by atoms with Gasteiger partial charge in [0.15, 0.2) is 0 Å². The maximum absolute atomic E-state index is 4.49. The van der Waals surface area contributed by atoms with Crippen LogP contribution in [0.3, 0.4) is 0 Å². The molecule has 0 amide bonds. The van der Waals surface area contributed by atoms with Crippen LogP contribution in [-0.2, 0) is 7.05 Å². The van der Waals surface area contributed by atoms with E-state index in [-0.39, 0.29) is 0 Å². The summed E-state index contributed by atoms with van der Waals surface area (Å²) in [6, 6.07) is 1.08. The summed E-state index contributed by atoms with van der Waals surface area (Å²) in [5.41, 5.74) is 2.57. The van der Waals surface area contributed by atoms with Crippen LogP contribution in [0.1, 0.15) is 37.6 Å². The molecule has 1 aromatic heterocycles. The topological polar surface area (TPSA) is 33.1 Å². The maximum Gasteiger partial charge on any atom is 0.0641 e. The minimum absolute atomic E-state index is 0.518. The molecule has 1 aliphatic rings. The van der Waals surface area contributed by atoms with Crippen molar-refractivity contribution in [3.63, 3.8) is 0 Å². The van der Waals surface area contributed by atoms with E-state index in [9.17, 15) is 0 Å². The fourth-order valence-electron chi connectivity index (χ4n) is 3.03. The van der Waals surface area contributed by atoms with Gasteiger partial charge in [0.2, 0.25) is 0 Å². The maximum atomic E-state index is 4.49. The molecule has 0 aromatic carbocycles. The zero-order valence-electron chi connectivity index (χ0n) is 12.3. The molecule has 1 saturated heterocycles. The Bertz CT molecular complexity index is 396. The minimum atomic E-state index is 0.518. The van der Waals surface area contributed by atoms with Gasteiger partial charge in [-0.15, -0.1) is 0 Å². The summed E-state index contributed by atoms with van der Waals surface area (Å²) in [4.78, 5) is 2.47. The van der Waals surface area contributed by atoms with Crippen molar-refractivity contribution in [3.8, 4) is 0 Å². The Balaban J connectivity index is 2.14. The van der Waals surface area contributed by atoms with Gasteiger partial charge in [-0.2, -0.15) is 5.10 Å². The van der Waals surface area contributed by atoms with E-state index < -0.39 is 0 Å². The van der Waals surface area contributed by atoms with Gasteiger partial charge in [-0.1, -0.05) is 13.8 Å². The molecule has 4 heteroatoms. The molecule has 2 rings (SSSR count). The van der Waals surface area contributed by atoms with Gasteiger partial charge < -0.3 is 5.32 Å². The summed E-state index contributed by atoms with van der Waals surface area (Å²) in [5.74, 6) is 0.695. The third-order valence-corrected chi connectivity index (χ3v) is 3.93. The third kappa shape index (κ3) is 2.75. The van der Waals surface area contributed by atoms with Crippen LogP contribution in [0.2, 0.25) is 0 Å². The minimum Gasteiger partial charge on any atom is -0.314 e. The summed E-state index contributed by atoms with van der Waals surface area (Å²) in [6.45, 7) is 8.82. The highest BCUT2D eigenvalue weighted by Crippen LogP contribution is 2.36. The molecule has 0 radical (unpaired) electrons. The normalized spacial score (nSPS) is 25.2. The van der Waals surface area contributed by atoms with Crippen LogP contribution in [-0.4, -0.2) is 40.9 Å². The lowest BCUT2D eigenvalue weighted by atomic mass is 9.94. The Hall–Kier alpha value is -0.870. The highest BCUT2D eigenvalue weighted by atomic mass is 15.3. The highest BCUT2D eigenvalue weighted by molar-refractivity contribution is 5.22. The van der Waals surface area contributed by atoms with E-state index in [2.05, 4.69) is 49.3 Å². The van der Waals surface area contributed by atoms with Gasteiger partial charge in [0, 0.05) is 37.4 Å². The predicted molar refractivity (Wildman–Crippen MR) is 74.6 cm³/mol. The van der Waals surface area contributed by atoms with Gasteiger partial charge in [0.1, 0.15) is 0 Å². The number of likely N-dealkylation sites (tertiary alicyclic amines) is 1. The average Bonchev–Trinajstić information content (AvgIpc) is 2.79. The Morgan fingerprint density at radius 1 is 1.44 bits per heavy atom. The summed E-state index contributed by atoms with van der Waals surface area (Å²) in [5, 5.41) is 8.07. The molecule has 1 aliphatic heterocycles. The van der Waals surface area contributed by atoms with Crippen LogP contribution in [0, 0.1) is 12.8 Å². The lowest BCUT2D eigenvalue weighted by Gasteiger charge is -2.25. The highest BCUT2D eigenvalue weighted by Gasteiger charge is 2.34. The fraction of sp³-hybridized carbons (Fsp3) is 0.786. The monoisotopic (exact) mass is 250 g/mol. The van der Waals surface area contributed by atoms with E-state index in [0.717, 1.165) is 6.54 Å². The van der Waals surface area contributed by atoms with Gasteiger partial charge >= 0.3 is 0 Å². The van der Waals surface area contributed by atoms with Gasteiger partial charge in [0.05, 0.1) is 5.69 Å². The lowest BCUT2D eigenvalue weighted by molar-refractivity contribution is 0.268. The van der Waals surface area contributed by atoms with Gasteiger partial charge in [-0.05, 0) is 32.9 Å². The van der Waals surface area contributed by atoms with Crippen LogP contribution in [0.25, 0.3) is 0 Å². The van der Waals surface area contributed by atoms with Gasteiger partial charge in [0.25, 0.3) is 0 Å². The molecule has 2 unspecified atom stereocenters. The summed E-state index contributed by atoms with van der Waals surface area (Å²) in [6.07, 6.45) is 3.46. The summed E-state index contributed by atoms with van der Waals surface area (Å²) in [7, 11) is 4.24. The molecule has 18 heavy (non-hydrogen) atoms. The van der Waals surface area contributed by atoms with Crippen LogP contribution in [0.15, 0.2) is 6.20 Å². The SMILES string of the molecule is Cc1nn(C)cc1C1C(CNC(C)C)CCN1C. The van der Waals surface area contributed by atoms with Crippen molar-refractivity contribution in [1.29, 1.82) is 0 Å². The molecule has 4 nitrogen and oxygen atoms in total. The van der Waals surface area contributed by atoms with E-state index in [1.165, 1.54) is 24.2 Å². The average molecular weight is 250 g/mol.